The van der Waals surface area contributed by atoms with E-state index in [1.165, 1.54) is 12.1 Å². The second-order valence-electron chi connectivity index (χ2n) is 7.84. The van der Waals surface area contributed by atoms with Crippen LogP contribution in [0.1, 0.15) is 16.7 Å². The fraction of sp³-hybridized carbons (Fsp3) is 0.115. The summed E-state index contributed by atoms with van der Waals surface area (Å²) in [6.45, 7) is 0.648. The van der Waals surface area contributed by atoms with Gasteiger partial charge in [0, 0.05) is 39.5 Å². The van der Waals surface area contributed by atoms with Gasteiger partial charge in [0.15, 0.2) is 11.6 Å². The molecule has 1 aliphatic rings. The minimum atomic E-state index is -4.50. The van der Waals surface area contributed by atoms with Gasteiger partial charge in [0.2, 0.25) is 0 Å². The van der Waals surface area contributed by atoms with Crippen molar-refractivity contribution in [2.75, 3.05) is 11.9 Å². The predicted molar refractivity (Wildman–Crippen MR) is 122 cm³/mol. The van der Waals surface area contributed by atoms with Crippen LogP contribution in [0.25, 0.3) is 22.6 Å². The average molecular weight is 466 g/mol. The van der Waals surface area contributed by atoms with E-state index in [0.29, 0.717) is 12.1 Å². The smallest absolute Gasteiger partial charge is 0.416 e. The van der Waals surface area contributed by atoms with Crippen LogP contribution in [0.5, 0.6) is 5.75 Å². The lowest BCUT2D eigenvalue weighted by molar-refractivity contribution is -0.137. The van der Waals surface area contributed by atoms with E-state index >= 15 is 0 Å². The van der Waals surface area contributed by atoms with E-state index in [4.69, 9.17) is 4.74 Å². The maximum atomic E-state index is 13.8. The number of ether oxygens (including phenoxy) is 1. The molecule has 1 amide bonds. The van der Waals surface area contributed by atoms with Crippen LogP contribution in [0.3, 0.4) is 0 Å². The van der Waals surface area contributed by atoms with Crippen molar-refractivity contribution in [2.24, 2.45) is 0 Å². The first kappa shape index (κ1) is 21.8. The molecule has 2 heterocycles. The fourth-order valence-corrected chi connectivity index (χ4v) is 4.06. The number of fused-ring (bicyclic) bond motifs is 2. The molecule has 0 atom stereocenters. The first-order valence-electron chi connectivity index (χ1n) is 10.5. The van der Waals surface area contributed by atoms with Crippen LogP contribution in [-0.4, -0.2) is 17.1 Å². The summed E-state index contributed by atoms with van der Waals surface area (Å²) in [4.78, 5) is 12.6. The van der Waals surface area contributed by atoms with Gasteiger partial charge in [0.05, 0.1) is 12.1 Å². The molecule has 0 saturated heterocycles. The lowest BCUT2D eigenvalue weighted by atomic mass is 10.0. The molecule has 1 aliphatic heterocycles. The van der Waals surface area contributed by atoms with Crippen LogP contribution in [0.2, 0.25) is 0 Å². The number of anilines is 1. The molecule has 0 aliphatic carbocycles. The number of aromatic nitrogens is 1. The Morgan fingerprint density at radius 1 is 1.00 bits per heavy atom. The largest absolute Gasteiger partial charge is 0.489 e. The third kappa shape index (κ3) is 4.03. The molecule has 4 nitrogen and oxygen atoms in total. The molecule has 4 aromatic rings. The lowest BCUT2D eigenvalue weighted by Crippen LogP contribution is -2.08. The zero-order valence-corrected chi connectivity index (χ0v) is 17.7. The SMILES string of the molecule is O=C1Nc2cc(C(F)(F)F)ccc2/C1=C\c1cn(CCOc2ccccc2F)c2ccccc12. The molecule has 1 N–H and O–H groups in total. The van der Waals surface area contributed by atoms with E-state index < -0.39 is 23.5 Å². The predicted octanol–water partition coefficient (Wildman–Crippen LogP) is 6.37. The average Bonchev–Trinajstić information content (AvgIpc) is 3.31. The number of para-hydroxylation sites is 2. The highest BCUT2D eigenvalue weighted by molar-refractivity contribution is 6.35. The Morgan fingerprint density at radius 3 is 2.56 bits per heavy atom. The van der Waals surface area contributed by atoms with E-state index in [1.54, 1.807) is 24.3 Å². The molecule has 8 heteroatoms. The van der Waals surface area contributed by atoms with Crippen molar-refractivity contribution in [1.82, 2.24) is 4.57 Å². The van der Waals surface area contributed by atoms with Gasteiger partial charge in [0.1, 0.15) is 6.61 Å². The van der Waals surface area contributed by atoms with Crippen LogP contribution in [0, 0.1) is 5.82 Å². The summed E-state index contributed by atoms with van der Waals surface area (Å²) in [5.41, 5.74) is 1.64. The highest BCUT2D eigenvalue weighted by Crippen LogP contribution is 2.39. The summed E-state index contributed by atoms with van der Waals surface area (Å²) in [7, 11) is 0. The third-order valence-corrected chi connectivity index (χ3v) is 5.68. The van der Waals surface area contributed by atoms with E-state index in [2.05, 4.69) is 5.32 Å². The molecule has 0 spiro atoms. The first-order chi connectivity index (χ1) is 16.3. The van der Waals surface area contributed by atoms with Gasteiger partial charge in [-0.3, -0.25) is 4.79 Å². The minimum Gasteiger partial charge on any atom is -0.489 e. The Morgan fingerprint density at radius 2 is 1.76 bits per heavy atom. The van der Waals surface area contributed by atoms with Crippen molar-refractivity contribution in [1.29, 1.82) is 0 Å². The van der Waals surface area contributed by atoms with Gasteiger partial charge >= 0.3 is 6.18 Å². The Bertz CT molecular complexity index is 1440. The monoisotopic (exact) mass is 466 g/mol. The van der Waals surface area contributed by atoms with E-state index in [1.807, 2.05) is 35.0 Å². The standard InChI is InChI=1S/C26H18F4N2O2/c27-21-6-2-4-8-24(21)34-12-11-32-15-16(18-5-1-3-7-23(18)32)13-20-19-10-9-17(26(28,29)30)14-22(19)31-25(20)33/h1-10,13-15H,11-12H2,(H,31,33)/b20-13+. The summed E-state index contributed by atoms with van der Waals surface area (Å²) in [6.07, 6.45) is -0.979. The van der Waals surface area contributed by atoms with Crippen LogP contribution < -0.4 is 10.1 Å². The normalized spacial score (nSPS) is 14.5. The zero-order chi connectivity index (χ0) is 23.9. The van der Waals surface area contributed by atoms with Gasteiger partial charge in [-0.15, -0.1) is 0 Å². The van der Waals surface area contributed by atoms with E-state index in [9.17, 15) is 22.4 Å². The van der Waals surface area contributed by atoms with Crippen molar-refractivity contribution >= 4 is 34.1 Å². The van der Waals surface area contributed by atoms with Crippen molar-refractivity contribution in [2.45, 2.75) is 12.7 Å². The number of nitrogens with zero attached hydrogens (tertiary/aromatic N) is 1. The molecule has 1 aromatic heterocycles. The van der Waals surface area contributed by atoms with Crippen LogP contribution in [0.15, 0.2) is 72.9 Å². The Labute approximate surface area is 192 Å². The molecule has 3 aromatic carbocycles. The minimum absolute atomic E-state index is 0.133. The molecular formula is C26H18F4N2O2. The number of carbonyl (C=O) groups excluding carboxylic acids is 1. The van der Waals surface area contributed by atoms with Crippen molar-refractivity contribution in [3.8, 4) is 5.75 Å². The number of benzene rings is 3. The summed E-state index contributed by atoms with van der Waals surface area (Å²) in [5.74, 6) is -0.738. The molecule has 0 bridgehead atoms. The number of alkyl halides is 3. The second-order valence-corrected chi connectivity index (χ2v) is 7.84. The van der Waals surface area contributed by atoms with Crippen LogP contribution in [0.4, 0.5) is 23.2 Å². The number of halogens is 4. The quantitative estimate of drug-likeness (QED) is 0.274. The highest BCUT2D eigenvalue weighted by Gasteiger charge is 2.33. The van der Waals surface area contributed by atoms with Gasteiger partial charge in [0.25, 0.3) is 5.91 Å². The Balaban J connectivity index is 1.46. The number of hydrogen-bond acceptors (Lipinski definition) is 2. The molecule has 172 valence electrons. The number of hydrogen-bond donors (Lipinski definition) is 1. The fourth-order valence-electron chi connectivity index (χ4n) is 4.06. The topological polar surface area (TPSA) is 43.3 Å². The molecule has 34 heavy (non-hydrogen) atoms. The number of rotatable bonds is 5. The highest BCUT2D eigenvalue weighted by atomic mass is 19.4. The number of amides is 1. The van der Waals surface area contributed by atoms with E-state index in [0.717, 1.165) is 28.6 Å². The second kappa shape index (κ2) is 8.37. The van der Waals surface area contributed by atoms with Gasteiger partial charge in [-0.25, -0.2) is 4.39 Å². The zero-order valence-electron chi connectivity index (χ0n) is 17.7. The maximum Gasteiger partial charge on any atom is 0.416 e. The summed E-state index contributed by atoms with van der Waals surface area (Å²) in [5, 5.41) is 3.39. The summed E-state index contributed by atoms with van der Waals surface area (Å²) < 4.78 is 60.4. The van der Waals surface area contributed by atoms with Crippen molar-refractivity contribution in [3.63, 3.8) is 0 Å². The first-order valence-corrected chi connectivity index (χ1v) is 10.5. The molecule has 0 unspecified atom stereocenters. The van der Waals surface area contributed by atoms with Gasteiger partial charge in [-0.1, -0.05) is 36.4 Å². The maximum absolute atomic E-state index is 13.8. The van der Waals surface area contributed by atoms with E-state index in [-0.39, 0.29) is 23.6 Å². The molecular weight excluding hydrogens is 448 g/mol. The Hall–Kier alpha value is -4.07. The van der Waals surface area contributed by atoms with Crippen LogP contribution >= 0.6 is 0 Å². The molecule has 0 radical (unpaired) electrons. The lowest BCUT2D eigenvalue weighted by Gasteiger charge is -2.08. The van der Waals surface area contributed by atoms with Crippen molar-refractivity contribution < 1.29 is 27.1 Å². The third-order valence-electron chi connectivity index (χ3n) is 5.68. The van der Waals surface area contributed by atoms with Crippen molar-refractivity contribution in [3.05, 3.63) is 95.4 Å². The summed E-state index contributed by atoms with van der Waals surface area (Å²) >= 11 is 0. The molecule has 0 fully saturated rings. The number of carbonyl (C=O) groups is 1. The van der Waals surface area contributed by atoms with Gasteiger partial charge in [-0.2, -0.15) is 13.2 Å². The van der Waals surface area contributed by atoms with Crippen LogP contribution in [-0.2, 0) is 17.5 Å². The van der Waals surface area contributed by atoms with Gasteiger partial charge in [-0.05, 0) is 36.4 Å². The van der Waals surface area contributed by atoms with Gasteiger partial charge < -0.3 is 14.6 Å². The Kier molecular flexibility index (Phi) is 5.36. The molecule has 0 saturated carbocycles. The summed E-state index contributed by atoms with van der Waals surface area (Å²) in [6, 6.07) is 16.9. The number of nitrogens with one attached hydrogen (secondary N) is 1. The molecule has 5 rings (SSSR count).